The van der Waals surface area contributed by atoms with E-state index in [1.165, 1.54) is 0 Å². The molecule has 0 aromatic heterocycles. The van der Waals surface area contributed by atoms with Crippen molar-refractivity contribution in [2.24, 2.45) is 11.8 Å². The number of carbonyl (C=O) groups is 2. The largest absolute Gasteiger partial charge is 0.391 e. The van der Waals surface area contributed by atoms with Crippen molar-refractivity contribution in [1.82, 2.24) is 4.90 Å². The third kappa shape index (κ3) is 3.69. The van der Waals surface area contributed by atoms with E-state index in [0.717, 1.165) is 11.8 Å². The quantitative estimate of drug-likeness (QED) is 0.540. The average Bonchev–Trinajstić information content (AvgIpc) is 2.36. The van der Waals surface area contributed by atoms with Crippen molar-refractivity contribution in [2.75, 3.05) is 11.5 Å². The van der Waals surface area contributed by atoms with Gasteiger partial charge in [-0.15, -0.1) is 11.8 Å². The highest BCUT2D eigenvalue weighted by molar-refractivity contribution is 8.00. The van der Waals surface area contributed by atoms with Gasteiger partial charge in [0.15, 0.2) is 0 Å². The van der Waals surface area contributed by atoms with Crippen LogP contribution in [0.2, 0.25) is 0 Å². The SMILES string of the molecule is O=C1CSCC(=O)N1C1CC(C(F)(F)F)CC(C(F)(F)F)C1. The minimum atomic E-state index is -4.78. The van der Waals surface area contributed by atoms with Crippen molar-refractivity contribution >= 4 is 23.6 Å². The molecule has 2 rings (SSSR count). The first-order valence-corrected chi connectivity index (χ1v) is 7.71. The summed E-state index contributed by atoms with van der Waals surface area (Å²) in [6, 6.07) is -1.34. The van der Waals surface area contributed by atoms with Gasteiger partial charge in [0.25, 0.3) is 0 Å². The van der Waals surface area contributed by atoms with Gasteiger partial charge in [-0.2, -0.15) is 26.3 Å². The standard InChI is InChI=1S/C12H13F6NO2S/c13-11(14,15)6-1-7(12(16,17)18)3-8(2-6)19-9(20)4-22-5-10(19)21/h6-8H,1-5H2. The fraction of sp³-hybridized carbons (Fsp3) is 0.833. The molecule has 3 nitrogen and oxygen atoms in total. The molecule has 0 bridgehead atoms. The molecular formula is C12H13F6NO2S. The average molecular weight is 349 g/mol. The van der Waals surface area contributed by atoms with Crippen LogP contribution in [-0.2, 0) is 9.59 Å². The van der Waals surface area contributed by atoms with E-state index < -0.39 is 61.3 Å². The Bertz CT molecular complexity index is 426. The highest BCUT2D eigenvalue weighted by atomic mass is 32.2. The Balaban J connectivity index is 2.25. The summed E-state index contributed by atoms with van der Waals surface area (Å²) in [6.45, 7) is 0. The van der Waals surface area contributed by atoms with Crippen LogP contribution in [0.3, 0.4) is 0 Å². The predicted molar refractivity (Wildman–Crippen MR) is 65.9 cm³/mol. The number of halogens is 6. The number of amides is 2. The Labute approximate surface area is 126 Å². The van der Waals surface area contributed by atoms with Gasteiger partial charge in [-0.3, -0.25) is 14.5 Å². The lowest BCUT2D eigenvalue weighted by atomic mass is 9.77. The van der Waals surface area contributed by atoms with Gasteiger partial charge in [0.1, 0.15) is 0 Å². The van der Waals surface area contributed by atoms with E-state index in [1.54, 1.807) is 0 Å². The first-order chi connectivity index (χ1) is 10.00. The van der Waals surface area contributed by atoms with Crippen LogP contribution in [0, 0.1) is 11.8 Å². The molecule has 1 saturated heterocycles. The Morgan fingerprint density at radius 3 is 1.59 bits per heavy atom. The van der Waals surface area contributed by atoms with Crippen LogP contribution < -0.4 is 0 Å². The summed E-state index contributed by atoms with van der Waals surface area (Å²) < 4.78 is 77.3. The number of imide groups is 1. The molecule has 10 heteroatoms. The van der Waals surface area contributed by atoms with Gasteiger partial charge in [-0.05, 0) is 19.3 Å². The van der Waals surface area contributed by atoms with Crippen LogP contribution in [0.1, 0.15) is 19.3 Å². The predicted octanol–water partition coefficient (Wildman–Crippen LogP) is 3.00. The molecule has 2 aliphatic rings. The molecule has 0 aromatic carbocycles. The lowest BCUT2D eigenvalue weighted by Gasteiger charge is -2.41. The monoisotopic (exact) mass is 349 g/mol. The molecular weight excluding hydrogens is 336 g/mol. The summed E-state index contributed by atoms with van der Waals surface area (Å²) in [7, 11) is 0. The van der Waals surface area contributed by atoms with E-state index in [1.807, 2.05) is 0 Å². The summed E-state index contributed by atoms with van der Waals surface area (Å²) in [5.41, 5.74) is 0. The highest BCUT2D eigenvalue weighted by Crippen LogP contribution is 2.47. The van der Waals surface area contributed by atoms with E-state index in [9.17, 15) is 35.9 Å². The van der Waals surface area contributed by atoms with Gasteiger partial charge >= 0.3 is 12.4 Å². The Kier molecular flexibility index (Phi) is 4.70. The van der Waals surface area contributed by atoms with Crippen molar-refractivity contribution in [1.29, 1.82) is 0 Å². The molecule has 2 amide bonds. The minimum Gasteiger partial charge on any atom is -0.278 e. The van der Waals surface area contributed by atoms with Gasteiger partial charge in [-0.25, -0.2) is 0 Å². The summed E-state index contributed by atoms with van der Waals surface area (Å²) in [5, 5.41) is 0. The van der Waals surface area contributed by atoms with Gasteiger partial charge in [0, 0.05) is 6.04 Å². The van der Waals surface area contributed by atoms with Crippen molar-refractivity contribution < 1.29 is 35.9 Å². The molecule has 126 valence electrons. The van der Waals surface area contributed by atoms with Crippen molar-refractivity contribution in [3.05, 3.63) is 0 Å². The molecule has 22 heavy (non-hydrogen) atoms. The second-order valence-electron chi connectivity index (χ2n) is 5.49. The second kappa shape index (κ2) is 5.93. The number of hydrogen-bond acceptors (Lipinski definition) is 3. The molecule has 2 fully saturated rings. The lowest BCUT2D eigenvalue weighted by Crippen LogP contribution is -2.54. The van der Waals surface area contributed by atoms with Gasteiger partial charge in [0.2, 0.25) is 11.8 Å². The fourth-order valence-electron chi connectivity index (χ4n) is 2.95. The van der Waals surface area contributed by atoms with Crippen molar-refractivity contribution in [3.8, 4) is 0 Å². The van der Waals surface area contributed by atoms with E-state index >= 15 is 0 Å². The van der Waals surface area contributed by atoms with Crippen LogP contribution in [0.15, 0.2) is 0 Å². The number of thioether (sulfide) groups is 1. The maximum absolute atomic E-state index is 12.9. The number of alkyl halides is 6. The second-order valence-corrected chi connectivity index (χ2v) is 6.47. The zero-order chi connectivity index (χ0) is 16.7. The van der Waals surface area contributed by atoms with Crippen LogP contribution >= 0.6 is 11.8 Å². The fourth-order valence-corrected chi connectivity index (χ4v) is 3.67. The zero-order valence-electron chi connectivity index (χ0n) is 11.2. The smallest absolute Gasteiger partial charge is 0.278 e. The van der Waals surface area contributed by atoms with Crippen LogP contribution in [0.5, 0.6) is 0 Å². The van der Waals surface area contributed by atoms with Crippen LogP contribution in [0.4, 0.5) is 26.3 Å². The number of rotatable bonds is 1. The molecule has 1 aliphatic carbocycles. The minimum absolute atomic E-state index is 0.102. The molecule has 1 saturated carbocycles. The Morgan fingerprint density at radius 2 is 1.23 bits per heavy atom. The normalized spacial score (nSPS) is 31.5. The van der Waals surface area contributed by atoms with Crippen molar-refractivity contribution in [2.45, 2.75) is 37.7 Å². The summed E-state index contributed by atoms with van der Waals surface area (Å²) in [5.74, 6) is -5.95. The molecule has 0 radical (unpaired) electrons. The first-order valence-electron chi connectivity index (χ1n) is 6.56. The summed E-state index contributed by atoms with van der Waals surface area (Å²) in [4.78, 5) is 24.1. The van der Waals surface area contributed by atoms with Crippen molar-refractivity contribution in [3.63, 3.8) is 0 Å². The maximum atomic E-state index is 12.9. The Morgan fingerprint density at radius 1 is 0.818 bits per heavy atom. The van der Waals surface area contributed by atoms with Crippen LogP contribution in [-0.4, -0.2) is 46.6 Å². The Hall–Kier alpha value is -0.930. The molecule has 0 N–H and O–H groups in total. The molecule has 2 unspecified atom stereocenters. The topological polar surface area (TPSA) is 37.4 Å². The van der Waals surface area contributed by atoms with Gasteiger partial charge in [-0.1, -0.05) is 0 Å². The van der Waals surface area contributed by atoms with E-state index in [0.29, 0.717) is 4.90 Å². The van der Waals surface area contributed by atoms with Crippen LogP contribution in [0.25, 0.3) is 0 Å². The lowest BCUT2D eigenvalue weighted by molar-refractivity contribution is -0.229. The zero-order valence-corrected chi connectivity index (χ0v) is 12.0. The van der Waals surface area contributed by atoms with E-state index in [-0.39, 0.29) is 11.5 Å². The molecule has 0 aromatic rings. The molecule has 0 spiro atoms. The highest BCUT2D eigenvalue weighted by Gasteiger charge is 2.53. The van der Waals surface area contributed by atoms with E-state index in [4.69, 9.17) is 0 Å². The third-order valence-corrected chi connectivity index (χ3v) is 4.86. The van der Waals surface area contributed by atoms with Gasteiger partial charge < -0.3 is 0 Å². The summed E-state index contributed by atoms with van der Waals surface area (Å²) >= 11 is 1.01. The maximum Gasteiger partial charge on any atom is 0.391 e. The molecule has 1 heterocycles. The first kappa shape index (κ1) is 17.4. The third-order valence-electron chi connectivity index (χ3n) is 3.96. The molecule has 1 aliphatic heterocycles. The molecule has 2 atom stereocenters. The number of nitrogens with zero attached hydrogens (tertiary/aromatic N) is 1. The van der Waals surface area contributed by atoms with Gasteiger partial charge in [0.05, 0.1) is 23.3 Å². The summed E-state index contributed by atoms with van der Waals surface area (Å²) in [6.07, 6.45) is -11.9. The number of carbonyl (C=O) groups excluding carboxylic acids is 2. The van der Waals surface area contributed by atoms with E-state index in [2.05, 4.69) is 0 Å². The number of hydrogen-bond donors (Lipinski definition) is 0.